The molecule has 0 radical (unpaired) electrons. The fraction of sp³-hybridized carbons (Fsp3) is 0.588. The van der Waals surface area contributed by atoms with Crippen LogP contribution in [0, 0.1) is 0 Å². The van der Waals surface area contributed by atoms with E-state index in [9.17, 15) is 5.11 Å². The van der Waals surface area contributed by atoms with Crippen molar-refractivity contribution in [3.63, 3.8) is 0 Å². The molecule has 0 amide bonds. The van der Waals surface area contributed by atoms with Gasteiger partial charge in [-0.1, -0.05) is 12.1 Å². The molecule has 2 N–H and O–H groups in total. The number of nitrogens with zero attached hydrogens (tertiary/aromatic N) is 4. The Morgan fingerprint density at radius 2 is 1.96 bits per heavy atom. The number of para-hydroxylation sites is 2. The van der Waals surface area contributed by atoms with E-state index < -0.39 is 0 Å². The Bertz CT molecular complexity index is 631. The fourth-order valence-corrected chi connectivity index (χ4v) is 3.78. The van der Waals surface area contributed by atoms with E-state index in [2.05, 4.69) is 37.8 Å². The van der Waals surface area contributed by atoms with Gasteiger partial charge in [-0.3, -0.25) is 9.80 Å². The number of rotatable bonds is 3. The van der Waals surface area contributed by atoms with Crippen molar-refractivity contribution in [1.82, 2.24) is 24.7 Å². The summed E-state index contributed by atoms with van der Waals surface area (Å²) < 4.78 is 0. The molecule has 2 aliphatic heterocycles. The van der Waals surface area contributed by atoms with Crippen molar-refractivity contribution >= 4 is 11.0 Å². The van der Waals surface area contributed by atoms with Gasteiger partial charge in [-0.25, -0.2) is 4.98 Å². The van der Waals surface area contributed by atoms with E-state index in [1.54, 1.807) is 0 Å². The van der Waals surface area contributed by atoms with Gasteiger partial charge in [0.1, 0.15) is 5.82 Å². The third-order valence-corrected chi connectivity index (χ3v) is 5.15. The molecule has 1 aromatic carbocycles. The predicted octanol–water partition coefficient (Wildman–Crippen LogP) is 0.355. The Morgan fingerprint density at radius 3 is 2.74 bits per heavy atom. The minimum absolute atomic E-state index is 0.257. The first-order valence-electron chi connectivity index (χ1n) is 8.46. The zero-order valence-corrected chi connectivity index (χ0v) is 13.6. The summed E-state index contributed by atoms with van der Waals surface area (Å²) in [4.78, 5) is 15.1. The first-order chi connectivity index (χ1) is 11.2. The maximum atomic E-state index is 10.5. The normalized spacial score (nSPS) is 27.9. The number of piperazine rings is 1. The summed E-state index contributed by atoms with van der Waals surface area (Å²) in [6.45, 7) is 6.71. The van der Waals surface area contributed by atoms with Crippen LogP contribution in [0.3, 0.4) is 0 Å². The lowest BCUT2D eigenvalue weighted by Gasteiger charge is -2.37. The summed E-state index contributed by atoms with van der Waals surface area (Å²) in [5, 5.41) is 10.5. The summed E-state index contributed by atoms with van der Waals surface area (Å²) in [6, 6.07) is 8.37. The number of aliphatic hydroxyl groups is 1. The zero-order valence-electron chi connectivity index (χ0n) is 13.6. The van der Waals surface area contributed by atoms with Gasteiger partial charge in [-0.2, -0.15) is 0 Å². The molecule has 0 saturated carbocycles. The summed E-state index contributed by atoms with van der Waals surface area (Å²) >= 11 is 0. The van der Waals surface area contributed by atoms with Gasteiger partial charge in [0.25, 0.3) is 0 Å². The van der Waals surface area contributed by atoms with Crippen LogP contribution < -0.4 is 0 Å². The molecule has 0 aliphatic carbocycles. The minimum Gasteiger partial charge on any atom is -0.390 e. The van der Waals surface area contributed by atoms with Crippen molar-refractivity contribution in [2.45, 2.75) is 18.7 Å². The van der Waals surface area contributed by atoms with Gasteiger partial charge in [0, 0.05) is 45.3 Å². The van der Waals surface area contributed by atoms with Crippen LogP contribution in [0.5, 0.6) is 0 Å². The zero-order chi connectivity index (χ0) is 15.8. The van der Waals surface area contributed by atoms with Crippen LogP contribution in [-0.4, -0.2) is 88.2 Å². The lowest BCUT2D eigenvalue weighted by Crippen LogP contribution is -2.52. The highest BCUT2D eigenvalue weighted by Crippen LogP contribution is 2.20. The molecule has 2 aliphatic rings. The van der Waals surface area contributed by atoms with Gasteiger partial charge in [0.2, 0.25) is 0 Å². The van der Waals surface area contributed by atoms with Crippen LogP contribution >= 0.6 is 0 Å². The highest BCUT2D eigenvalue weighted by molar-refractivity contribution is 5.74. The van der Waals surface area contributed by atoms with Crippen molar-refractivity contribution in [2.75, 3.05) is 46.3 Å². The number of aliphatic hydroxyl groups excluding tert-OH is 1. The van der Waals surface area contributed by atoms with E-state index >= 15 is 0 Å². The third-order valence-electron chi connectivity index (χ3n) is 5.15. The Hall–Kier alpha value is -1.47. The van der Waals surface area contributed by atoms with E-state index in [-0.39, 0.29) is 12.1 Å². The molecule has 0 spiro atoms. The number of aromatic nitrogens is 2. The number of likely N-dealkylation sites (tertiary alicyclic amines) is 1. The van der Waals surface area contributed by atoms with Crippen molar-refractivity contribution in [1.29, 1.82) is 0 Å². The van der Waals surface area contributed by atoms with Gasteiger partial charge in [0.05, 0.1) is 23.7 Å². The van der Waals surface area contributed by atoms with Gasteiger partial charge < -0.3 is 15.0 Å². The number of β-amino-alcohol motifs (C(OH)–C–C–N with tert-alkyl or cyclic N) is 1. The van der Waals surface area contributed by atoms with Crippen molar-refractivity contribution in [3.8, 4) is 0 Å². The van der Waals surface area contributed by atoms with Gasteiger partial charge >= 0.3 is 0 Å². The molecule has 2 aromatic rings. The Morgan fingerprint density at radius 1 is 1.17 bits per heavy atom. The number of aromatic amines is 1. The molecule has 2 atom stereocenters. The molecule has 0 bridgehead atoms. The molecular weight excluding hydrogens is 290 g/mol. The molecule has 2 saturated heterocycles. The molecule has 1 aromatic heterocycles. The second-order valence-electron chi connectivity index (χ2n) is 6.87. The van der Waals surface area contributed by atoms with E-state index in [0.717, 1.165) is 62.7 Å². The second kappa shape index (κ2) is 6.20. The molecule has 4 rings (SSSR count). The average molecular weight is 315 g/mol. The first-order valence-corrected chi connectivity index (χ1v) is 8.46. The quantitative estimate of drug-likeness (QED) is 0.856. The summed E-state index contributed by atoms with van der Waals surface area (Å²) in [7, 11) is 2.16. The number of likely N-dealkylation sites (N-methyl/N-ethyl adjacent to an activating group) is 1. The van der Waals surface area contributed by atoms with E-state index in [1.807, 2.05) is 18.2 Å². The van der Waals surface area contributed by atoms with Crippen LogP contribution in [-0.2, 0) is 6.54 Å². The molecule has 6 heteroatoms. The van der Waals surface area contributed by atoms with Gasteiger partial charge in [-0.05, 0) is 19.2 Å². The van der Waals surface area contributed by atoms with E-state index in [4.69, 9.17) is 0 Å². The summed E-state index contributed by atoms with van der Waals surface area (Å²) in [6.07, 6.45) is -0.261. The van der Waals surface area contributed by atoms with E-state index in [1.165, 1.54) is 0 Å². The monoisotopic (exact) mass is 315 g/mol. The number of hydrogen-bond acceptors (Lipinski definition) is 5. The molecular formula is C17H25N5O. The molecule has 124 valence electrons. The van der Waals surface area contributed by atoms with Gasteiger partial charge in [0.15, 0.2) is 0 Å². The van der Waals surface area contributed by atoms with Crippen LogP contribution in [0.25, 0.3) is 11.0 Å². The van der Waals surface area contributed by atoms with Crippen molar-refractivity contribution in [3.05, 3.63) is 30.1 Å². The molecule has 2 fully saturated rings. The Balaban J connectivity index is 1.40. The van der Waals surface area contributed by atoms with Crippen molar-refractivity contribution < 1.29 is 5.11 Å². The first kappa shape index (κ1) is 15.1. The maximum absolute atomic E-state index is 10.5. The standard InChI is InChI=1S/C17H25N5O/c1-20-6-8-22(9-7-20)15-10-21(11-16(15)23)12-17-18-13-4-2-3-5-14(13)19-17/h2-5,15-16,23H,6-12H2,1H3,(H,18,19)/t15-,16-/m1/s1. The molecule has 0 unspecified atom stereocenters. The average Bonchev–Trinajstić information content (AvgIpc) is 3.11. The second-order valence-corrected chi connectivity index (χ2v) is 6.87. The molecule has 3 heterocycles. The highest BCUT2D eigenvalue weighted by atomic mass is 16.3. The number of H-pyrrole nitrogens is 1. The smallest absolute Gasteiger partial charge is 0.121 e. The maximum Gasteiger partial charge on any atom is 0.121 e. The molecule has 6 nitrogen and oxygen atoms in total. The molecule has 23 heavy (non-hydrogen) atoms. The third kappa shape index (κ3) is 3.12. The van der Waals surface area contributed by atoms with Crippen LogP contribution in [0.4, 0.5) is 0 Å². The minimum atomic E-state index is -0.261. The summed E-state index contributed by atoms with van der Waals surface area (Å²) in [5.41, 5.74) is 2.09. The summed E-state index contributed by atoms with van der Waals surface area (Å²) in [5.74, 6) is 0.984. The highest BCUT2D eigenvalue weighted by Gasteiger charge is 2.36. The lowest BCUT2D eigenvalue weighted by molar-refractivity contribution is 0.0512. The van der Waals surface area contributed by atoms with Crippen LogP contribution in [0.2, 0.25) is 0 Å². The largest absolute Gasteiger partial charge is 0.390 e. The lowest BCUT2D eigenvalue weighted by atomic mass is 10.1. The van der Waals surface area contributed by atoms with Crippen LogP contribution in [0.15, 0.2) is 24.3 Å². The number of imidazole rings is 1. The topological polar surface area (TPSA) is 58.6 Å². The Labute approximate surface area is 136 Å². The number of benzene rings is 1. The Kier molecular flexibility index (Phi) is 4.07. The van der Waals surface area contributed by atoms with E-state index in [0.29, 0.717) is 0 Å². The number of fused-ring (bicyclic) bond motifs is 1. The number of hydrogen-bond donors (Lipinski definition) is 2. The SMILES string of the molecule is CN1CCN([C@@H]2CN(Cc3nc4ccccc4[nH]3)C[C@H]2O)CC1. The van der Waals surface area contributed by atoms with Crippen molar-refractivity contribution in [2.24, 2.45) is 0 Å². The number of nitrogens with one attached hydrogen (secondary N) is 1. The predicted molar refractivity (Wildman–Crippen MR) is 90.2 cm³/mol. The fourth-order valence-electron chi connectivity index (χ4n) is 3.78. The van der Waals surface area contributed by atoms with Gasteiger partial charge in [-0.15, -0.1) is 0 Å². The van der Waals surface area contributed by atoms with Crippen LogP contribution in [0.1, 0.15) is 5.82 Å².